The van der Waals surface area contributed by atoms with Gasteiger partial charge in [-0.05, 0) is 12.8 Å². The molecule has 0 heterocycles. The molecule has 0 aromatic heterocycles. The Kier molecular flexibility index (Phi) is 64.6. The van der Waals surface area contributed by atoms with Crippen LogP contribution in [0.25, 0.3) is 0 Å². The quantitative estimate of drug-likeness (QED) is 0.0220. The maximum Gasteiger partial charge on any atom is 3.00 e. The summed E-state index contributed by atoms with van der Waals surface area (Å²) in [4.78, 5) is 184. The van der Waals surface area contributed by atoms with E-state index in [1.807, 2.05) is 0 Å². The van der Waals surface area contributed by atoms with Gasteiger partial charge in [0, 0.05) is 156 Å². The van der Waals surface area contributed by atoms with Gasteiger partial charge in [-0.1, -0.05) is 0 Å². The summed E-state index contributed by atoms with van der Waals surface area (Å²) in [6.07, 6.45) is -3.03. The Balaban J connectivity index is -0.00000219. The summed E-state index contributed by atoms with van der Waals surface area (Å²) >= 11 is 0. The zero-order valence-electron chi connectivity index (χ0n) is 48.7. The molecule has 4 atom stereocenters. The predicted octanol–water partition coefficient (Wildman–Crippen LogP) is -34.8. The van der Waals surface area contributed by atoms with Crippen LogP contribution < -0.4 is 207 Å². The second-order valence-corrected chi connectivity index (χ2v) is 17.8. The first-order valence-electron chi connectivity index (χ1n) is 24.6. The molecule has 5 amide bonds. The fourth-order valence-electron chi connectivity index (χ4n) is 7.52. The van der Waals surface area contributed by atoms with Crippen LogP contribution in [0.15, 0.2) is 0 Å². The van der Waals surface area contributed by atoms with Gasteiger partial charge in [0.05, 0.1) is 66.4 Å². The van der Waals surface area contributed by atoms with Crippen LogP contribution in [0.1, 0.15) is 32.1 Å². The van der Waals surface area contributed by atoms with Crippen molar-refractivity contribution in [1.29, 1.82) is 0 Å². The molecule has 0 saturated carbocycles. The maximum absolute atomic E-state index is 13.0. The summed E-state index contributed by atoms with van der Waals surface area (Å²) < 4.78 is 0. The minimum atomic E-state index is -1.84. The SMILES string of the molecule is NCNC(=O)C(CNC(=O)CC[C@@H](C(=O)[O-])N(CCN(CC(=O)[O-])CC(=O)[O-])CCN(CC(=O)[O-])CC(=O)[O-])NC(=O)CCNC(=O)C(N)CNC(=O)CC[C@@H](C(=O)[O-])N(CCN(CC(=O)[O-])CC(=O)[O-])CCN(CC(=O)[O-])CC(=O)[O-].[Gd+3].[Gd+3].[Na+].[Na+].[Na+].[Na+]. The fourth-order valence-corrected chi connectivity index (χ4v) is 7.52. The molecule has 44 heteroatoms. The molecule has 9 N–H and O–H groups in total. The molecule has 0 spiro atoms. The fraction of sp³-hybridized carbons (Fsp3) is 0.659. The molecule has 2 radical (unpaired) electrons. The molecule has 0 aliphatic heterocycles. The van der Waals surface area contributed by atoms with Crippen LogP contribution in [0.3, 0.4) is 0 Å². The molecule has 88 heavy (non-hydrogen) atoms. The number of nitrogens with zero attached hydrogens (tertiary/aromatic N) is 6. The van der Waals surface area contributed by atoms with Gasteiger partial charge in [-0.15, -0.1) is 0 Å². The summed E-state index contributed by atoms with van der Waals surface area (Å²) in [7, 11) is 0. The summed E-state index contributed by atoms with van der Waals surface area (Å²) in [6.45, 7) is -13.7. The maximum atomic E-state index is 13.0. The van der Waals surface area contributed by atoms with Crippen molar-refractivity contribution in [2.24, 2.45) is 11.5 Å². The van der Waals surface area contributed by atoms with Crippen LogP contribution in [0.5, 0.6) is 0 Å². The minimum absolute atomic E-state index is 0. The Hall–Kier alpha value is -1.62. The van der Waals surface area contributed by atoms with E-state index in [-0.39, 0.29) is 198 Å². The van der Waals surface area contributed by atoms with E-state index in [0.717, 1.165) is 29.4 Å². The number of carbonyl (C=O) groups excluding carboxylic acids is 15. The number of amides is 5. The molecule has 2 unspecified atom stereocenters. The van der Waals surface area contributed by atoms with E-state index in [0.29, 0.717) is 0 Å². The van der Waals surface area contributed by atoms with Crippen LogP contribution in [0.4, 0.5) is 0 Å². The van der Waals surface area contributed by atoms with Crippen molar-refractivity contribution in [3.8, 4) is 0 Å². The molecule has 0 rings (SSSR count). The average Bonchev–Trinajstić information content (AvgIpc) is 3.43. The van der Waals surface area contributed by atoms with E-state index in [2.05, 4.69) is 26.6 Å². The monoisotopic (exact) mass is 1580 g/mol. The van der Waals surface area contributed by atoms with E-state index < -0.39 is 277 Å². The molecule has 0 aromatic rings. The molecule has 38 nitrogen and oxygen atoms in total. The topological polar surface area (TPSA) is 618 Å². The number of hydrogen-bond donors (Lipinski definition) is 7. The van der Waals surface area contributed by atoms with Crippen molar-refractivity contribution >= 4 is 89.2 Å². The molecule has 0 fully saturated rings. The summed E-state index contributed by atoms with van der Waals surface area (Å²) in [5.41, 5.74) is 11.2. The van der Waals surface area contributed by atoms with E-state index in [1.165, 1.54) is 0 Å². The first kappa shape index (κ1) is 99.9. The summed E-state index contributed by atoms with van der Waals surface area (Å²) in [5, 5.41) is 126. The zero-order valence-corrected chi connectivity index (χ0v) is 61.3. The van der Waals surface area contributed by atoms with Gasteiger partial charge in [0.2, 0.25) is 29.5 Å². The smallest absolute Gasteiger partial charge is 0.549 e. The summed E-state index contributed by atoms with van der Waals surface area (Å²) in [5.74, 6) is -22.1. The normalized spacial score (nSPS) is 11.9. The van der Waals surface area contributed by atoms with Gasteiger partial charge in [0.25, 0.3) is 0 Å². The van der Waals surface area contributed by atoms with E-state index in [4.69, 9.17) is 11.5 Å². The Bertz CT molecular complexity index is 2120. The van der Waals surface area contributed by atoms with Gasteiger partial charge in [-0.25, -0.2) is 0 Å². The molecule has 474 valence electrons. The summed E-state index contributed by atoms with van der Waals surface area (Å²) in [6, 6.07) is -6.56. The van der Waals surface area contributed by atoms with Crippen LogP contribution >= 0.6 is 0 Å². The second kappa shape index (κ2) is 56.9. The number of carboxylic acids is 10. The second-order valence-electron chi connectivity index (χ2n) is 17.8. The van der Waals surface area contributed by atoms with Crippen LogP contribution in [-0.2, 0) is 71.9 Å². The predicted molar refractivity (Wildman–Crippen MR) is 246 cm³/mol. The van der Waals surface area contributed by atoms with E-state index in [1.54, 1.807) is 0 Å². The van der Waals surface area contributed by atoms with Gasteiger partial charge in [-0.3, -0.25) is 53.4 Å². The van der Waals surface area contributed by atoms with Gasteiger partial charge in [-0.2, -0.15) is 0 Å². The Morgan fingerprint density at radius 2 is 0.648 bits per heavy atom. The standard InChI is InChI=1S/C44H73N13O25.2Gd.4Na/c45-25-50-42(78)27(16-49-31(59)4-2-29(44(81)82)57(13-9-54(21-37(69)70)22-38(71)72)14-10-55(23-39(73)74)24-40(75)76)51-32(60)5-6-47-41(77)26(46)15-48-30(58)3-1-28(43(79)80)56(11-7-52(17-33(61)62)18-34(63)64)12-8-53(19-35(65)66)20-36(67)68;;;;;;/h26-29H,1-25,45-46H2,(H,47,77)(H,48,58)(H,49,59)(H,50,78)(H,51,60)(H,61,62)(H,63,64)(H,65,66)(H,67,68)(H,69,70)(H,71,72)(H,73,74)(H,75,76)(H,79,80)(H,81,82);;;;;;/q;2*+3;4*+1/p-10/t26?,27?,28-,29-;;;;;;/m0....../s1. The largest absolute Gasteiger partial charge is 3.00 e. The average molecular weight is 1580 g/mol. The molecule has 0 aliphatic carbocycles. The van der Waals surface area contributed by atoms with Gasteiger partial charge >= 0.3 is 198 Å². The Labute approximate surface area is 656 Å². The van der Waals surface area contributed by atoms with Crippen LogP contribution in [0.2, 0.25) is 0 Å². The molecular formula is C44H63Gd2N13Na4O25. The minimum Gasteiger partial charge on any atom is -0.549 e. The van der Waals surface area contributed by atoms with Gasteiger partial charge in [0.15, 0.2) is 0 Å². The third-order valence-electron chi connectivity index (χ3n) is 11.3. The van der Waals surface area contributed by atoms with Crippen LogP contribution in [-0.4, -0.2) is 274 Å². The van der Waals surface area contributed by atoms with Crippen molar-refractivity contribution in [3.05, 3.63) is 0 Å². The van der Waals surface area contributed by atoms with Gasteiger partial charge < -0.3 is 137 Å². The molecule has 0 aliphatic rings. The van der Waals surface area contributed by atoms with E-state index in [9.17, 15) is 123 Å². The number of aliphatic carboxylic acids is 10. The third kappa shape index (κ3) is 50.9. The van der Waals surface area contributed by atoms with Crippen molar-refractivity contribution in [2.45, 2.75) is 56.3 Å². The first-order chi connectivity index (χ1) is 38.3. The number of carbonyl (C=O) groups is 15. The number of rotatable bonds is 49. The van der Waals surface area contributed by atoms with Crippen molar-refractivity contribution < 1.29 is 321 Å². The van der Waals surface area contributed by atoms with E-state index >= 15 is 0 Å². The number of carboxylic acid groups (broad SMARTS) is 10. The molecule has 0 bridgehead atoms. The Morgan fingerprint density at radius 3 is 0.909 bits per heavy atom. The molecule has 0 saturated heterocycles. The number of nitrogens with one attached hydrogen (secondary N) is 5. The third-order valence-corrected chi connectivity index (χ3v) is 11.3. The molecular weight excluding hydrogens is 1520 g/mol. The Morgan fingerprint density at radius 1 is 0.364 bits per heavy atom. The number of nitrogens with two attached hydrogens (primary N) is 2. The van der Waals surface area contributed by atoms with Gasteiger partial charge in [0.1, 0.15) is 12.1 Å². The first-order valence-corrected chi connectivity index (χ1v) is 24.6. The van der Waals surface area contributed by atoms with Crippen molar-refractivity contribution in [1.82, 2.24) is 56.0 Å². The van der Waals surface area contributed by atoms with Crippen molar-refractivity contribution in [3.63, 3.8) is 0 Å². The van der Waals surface area contributed by atoms with Crippen molar-refractivity contribution in [2.75, 3.05) is 131 Å². The number of hydrogen-bond acceptors (Lipinski definition) is 33. The van der Waals surface area contributed by atoms with Crippen LogP contribution in [0, 0.1) is 79.9 Å². The molecule has 0 aromatic carbocycles. The zero-order chi connectivity index (χ0) is 62.6.